The number of H-pyrrole nitrogens is 1. The fraction of sp³-hybridized carbons (Fsp3) is 0.800. The van der Waals surface area contributed by atoms with Crippen LogP contribution in [0, 0.1) is 6.92 Å². The number of nitrogens with zero attached hydrogens (tertiary/aromatic N) is 2. The monoisotopic (exact) mass is 228 g/mol. The molecule has 0 amide bonds. The highest BCUT2D eigenvalue weighted by molar-refractivity contribution is 7.99. The van der Waals surface area contributed by atoms with Gasteiger partial charge in [-0.3, -0.25) is 5.10 Å². The van der Waals surface area contributed by atoms with Gasteiger partial charge in [-0.15, -0.1) is 5.10 Å². The molecule has 1 atom stereocenters. The summed E-state index contributed by atoms with van der Waals surface area (Å²) in [6, 6.07) is 0.652. The van der Waals surface area contributed by atoms with Gasteiger partial charge in [0.05, 0.1) is 0 Å². The van der Waals surface area contributed by atoms with E-state index >= 15 is 0 Å². The fourth-order valence-corrected chi connectivity index (χ4v) is 2.24. The molecule has 2 N–H and O–H groups in total. The lowest BCUT2D eigenvalue weighted by Gasteiger charge is -2.12. The predicted molar refractivity (Wildman–Crippen MR) is 64.2 cm³/mol. The number of nitrogens with one attached hydrogen (secondary N) is 2. The Balaban J connectivity index is 2.11. The Hall–Kier alpha value is -0.550. The molecule has 0 radical (unpaired) electrons. The molecule has 1 aromatic heterocycles. The molecule has 0 aliphatic rings. The van der Waals surface area contributed by atoms with Crippen LogP contribution in [-0.4, -0.2) is 34.0 Å². The molecule has 0 fully saturated rings. The minimum atomic E-state index is 0.652. The third-order valence-electron chi connectivity index (χ3n) is 2.41. The number of aromatic amines is 1. The van der Waals surface area contributed by atoms with Crippen molar-refractivity contribution in [3.05, 3.63) is 5.82 Å². The summed E-state index contributed by atoms with van der Waals surface area (Å²) >= 11 is 1.72. The fourth-order valence-electron chi connectivity index (χ4n) is 1.43. The summed E-state index contributed by atoms with van der Waals surface area (Å²) in [4.78, 5) is 4.25. The number of rotatable bonds is 7. The van der Waals surface area contributed by atoms with E-state index in [1.54, 1.807) is 11.8 Å². The van der Waals surface area contributed by atoms with Crippen molar-refractivity contribution in [1.82, 2.24) is 20.5 Å². The van der Waals surface area contributed by atoms with Gasteiger partial charge in [-0.05, 0) is 33.2 Å². The zero-order valence-corrected chi connectivity index (χ0v) is 10.5. The van der Waals surface area contributed by atoms with Crippen LogP contribution in [-0.2, 0) is 0 Å². The van der Waals surface area contributed by atoms with E-state index in [4.69, 9.17) is 0 Å². The van der Waals surface area contributed by atoms with E-state index in [-0.39, 0.29) is 0 Å². The molecule has 0 bridgehead atoms. The Morgan fingerprint density at radius 1 is 1.53 bits per heavy atom. The molecule has 1 aromatic rings. The van der Waals surface area contributed by atoms with Crippen molar-refractivity contribution in [2.24, 2.45) is 0 Å². The smallest absolute Gasteiger partial charge is 0.208 e. The molecule has 0 spiro atoms. The summed E-state index contributed by atoms with van der Waals surface area (Å²) in [6.07, 6.45) is 3.63. The summed E-state index contributed by atoms with van der Waals surface area (Å²) in [5, 5.41) is 11.1. The summed E-state index contributed by atoms with van der Waals surface area (Å²) in [5.41, 5.74) is 0. The molecular weight excluding hydrogens is 208 g/mol. The lowest BCUT2D eigenvalue weighted by molar-refractivity contribution is 0.504. The van der Waals surface area contributed by atoms with Gasteiger partial charge in [0.1, 0.15) is 5.82 Å². The summed E-state index contributed by atoms with van der Waals surface area (Å²) < 4.78 is 0. The lowest BCUT2D eigenvalue weighted by Crippen LogP contribution is -2.23. The van der Waals surface area contributed by atoms with Crippen molar-refractivity contribution >= 4 is 11.8 Å². The van der Waals surface area contributed by atoms with Gasteiger partial charge in [0, 0.05) is 11.8 Å². The van der Waals surface area contributed by atoms with E-state index in [0.717, 1.165) is 16.7 Å². The van der Waals surface area contributed by atoms with Crippen LogP contribution in [0.3, 0.4) is 0 Å². The van der Waals surface area contributed by atoms with Gasteiger partial charge < -0.3 is 5.32 Å². The first kappa shape index (κ1) is 12.5. The van der Waals surface area contributed by atoms with Gasteiger partial charge in [-0.1, -0.05) is 18.7 Å². The lowest BCUT2D eigenvalue weighted by atomic mass is 10.1. The highest BCUT2D eigenvalue weighted by Gasteiger charge is 2.04. The van der Waals surface area contributed by atoms with Crippen molar-refractivity contribution in [1.29, 1.82) is 0 Å². The SMILES string of the molecule is CCC(CCCSc1n[nH]c(C)n1)NC. The summed E-state index contributed by atoms with van der Waals surface area (Å²) in [7, 11) is 2.03. The number of thioether (sulfide) groups is 1. The van der Waals surface area contributed by atoms with Crippen LogP contribution >= 0.6 is 11.8 Å². The van der Waals surface area contributed by atoms with Crippen molar-refractivity contribution in [2.45, 2.75) is 44.3 Å². The van der Waals surface area contributed by atoms with Gasteiger partial charge in [-0.25, -0.2) is 4.98 Å². The Morgan fingerprint density at radius 2 is 2.33 bits per heavy atom. The predicted octanol–water partition coefficient (Wildman–Crippen LogP) is 1.98. The molecule has 0 saturated heterocycles. The first-order chi connectivity index (χ1) is 7.26. The third-order valence-corrected chi connectivity index (χ3v) is 3.34. The number of hydrogen-bond donors (Lipinski definition) is 2. The Bertz CT molecular complexity index is 270. The Morgan fingerprint density at radius 3 is 2.87 bits per heavy atom. The molecule has 0 aliphatic heterocycles. The van der Waals surface area contributed by atoms with E-state index in [2.05, 4.69) is 27.4 Å². The van der Waals surface area contributed by atoms with Crippen LogP contribution in [0.1, 0.15) is 32.0 Å². The van der Waals surface area contributed by atoms with Crippen molar-refractivity contribution < 1.29 is 0 Å². The van der Waals surface area contributed by atoms with Crippen molar-refractivity contribution in [3.8, 4) is 0 Å². The average molecular weight is 228 g/mol. The van der Waals surface area contributed by atoms with E-state index in [9.17, 15) is 0 Å². The maximum atomic E-state index is 4.25. The highest BCUT2D eigenvalue weighted by atomic mass is 32.2. The first-order valence-electron chi connectivity index (χ1n) is 5.45. The average Bonchev–Trinajstić information content (AvgIpc) is 2.65. The van der Waals surface area contributed by atoms with Crippen LogP contribution in [0.15, 0.2) is 5.16 Å². The van der Waals surface area contributed by atoms with Crippen molar-refractivity contribution in [2.75, 3.05) is 12.8 Å². The standard InChI is InChI=1S/C10H20N4S/c1-4-9(11-3)6-5-7-15-10-12-8(2)13-14-10/h9,11H,4-7H2,1-3H3,(H,12,13,14). The van der Waals surface area contributed by atoms with Gasteiger partial charge in [0.2, 0.25) is 5.16 Å². The molecule has 86 valence electrons. The first-order valence-corrected chi connectivity index (χ1v) is 6.44. The number of hydrogen-bond acceptors (Lipinski definition) is 4. The highest BCUT2D eigenvalue weighted by Crippen LogP contribution is 2.15. The van der Waals surface area contributed by atoms with Gasteiger partial charge >= 0.3 is 0 Å². The maximum Gasteiger partial charge on any atom is 0.208 e. The molecule has 1 unspecified atom stereocenters. The van der Waals surface area contributed by atoms with Gasteiger partial charge in [0.25, 0.3) is 0 Å². The quantitative estimate of drug-likeness (QED) is 0.553. The molecule has 5 heteroatoms. The maximum absolute atomic E-state index is 4.25. The topological polar surface area (TPSA) is 53.6 Å². The second-order valence-corrected chi connectivity index (χ2v) is 4.65. The van der Waals surface area contributed by atoms with Crippen LogP contribution in [0.25, 0.3) is 0 Å². The zero-order chi connectivity index (χ0) is 11.1. The van der Waals surface area contributed by atoms with Crippen LogP contribution in [0.4, 0.5) is 0 Å². The second-order valence-electron chi connectivity index (χ2n) is 3.59. The minimum Gasteiger partial charge on any atom is -0.317 e. The second kappa shape index (κ2) is 6.85. The van der Waals surface area contributed by atoms with Crippen LogP contribution < -0.4 is 5.32 Å². The zero-order valence-electron chi connectivity index (χ0n) is 9.71. The molecular formula is C10H20N4S. The number of aromatic nitrogens is 3. The van der Waals surface area contributed by atoms with Gasteiger partial charge in [-0.2, -0.15) is 0 Å². The normalized spacial score (nSPS) is 13.0. The molecule has 0 aromatic carbocycles. The molecule has 0 saturated carbocycles. The van der Waals surface area contributed by atoms with E-state index in [1.165, 1.54) is 19.3 Å². The van der Waals surface area contributed by atoms with Gasteiger partial charge in [0.15, 0.2) is 0 Å². The Kier molecular flexibility index (Phi) is 5.71. The third kappa shape index (κ3) is 4.66. The molecule has 1 heterocycles. The molecule has 0 aliphatic carbocycles. The van der Waals surface area contributed by atoms with Crippen LogP contribution in [0.2, 0.25) is 0 Å². The molecule has 4 nitrogen and oxygen atoms in total. The minimum absolute atomic E-state index is 0.652. The number of aryl methyl sites for hydroxylation is 1. The van der Waals surface area contributed by atoms with E-state index < -0.39 is 0 Å². The summed E-state index contributed by atoms with van der Waals surface area (Å²) in [5.74, 6) is 1.98. The van der Waals surface area contributed by atoms with Crippen LogP contribution in [0.5, 0.6) is 0 Å². The molecule has 1 rings (SSSR count). The van der Waals surface area contributed by atoms with E-state index in [0.29, 0.717) is 6.04 Å². The largest absolute Gasteiger partial charge is 0.317 e. The van der Waals surface area contributed by atoms with E-state index in [1.807, 2.05) is 14.0 Å². The summed E-state index contributed by atoms with van der Waals surface area (Å²) in [6.45, 7) is 4.14. The molecule has 15 heavy (non-hydrogen) atoms. The Labute approximate surface area is 95.6 Å². The van der Waals surface area contributed by atoms with Crippen molar-refractivity contribution in [3.63, 3.8) is 0 Å².